The van der Waals surface area contributed by atoms with Gasteiger partial charge in [-0.1, -0.05) is 30.3 Å². The standard InChI is InChI=1S/C23H21F3N4O4/c1-2-34-22(33)18-13-29-30(20(18)23(24,25)26)17-10-8-16(9-11-17)21(32)28-14-19(31)27-12-15-6-4-3-5-7-15/h3-11,13H,2,12,14H2,1H3,(H,27,31)(H,28,32). The molecule has 11 heteroatoms. The summed E-state index contributed by atoms with van der Waals surface area (Å²) >= 11 is 0. The van der Waals surface area contributed by atoms with Crippen molar-refractivity contribution in [3.63, 3.8) is 0 Å². The molecule has 0 aliphatic carbocycles. The van der Waals surface area contributed by atoms with Crippen LogP contribution in [0.3, 0.4) is 0 Å². The smallest absolute Gasteiger partial charge is 0.434 e. The van der Waals surface area contributed by atoms with Crippen molar-refractivity contribution in [2.45, 2.75) is 19.6 Å². The van der Waals surface area contributed by atoms with Gasteiger partial charge in [-0.25, -0.2) is 9.48 Å². The Morgan fingerprint density at radius 3 is 2.29 bits per heavy atom. The fourth-order valence-corrected chi connectivity index (χ4v) is 3.05. The summed E-state index contributed by atoms with van der Waals surface area (Å²) in [5.74, 6) is -2.11. The molecule has 2 N–H and O–H groups in total. The molecule has 0 aliphatic heterocycles. The molecule has 2 aromatic carbocycles. The molecule has 0 unspecified atom stereocenters. The van der Waals surface area contributed by atoms with Crippen molar-refractivity contribution in [2.75, 3.05) is 13.2 Å². The molecule has 1 aromatic heterocycles. The van der Waals surface area contributed by atoms with Crippen molar-refractivity contribution in [1.29, 1.82) is 0 Å². The van der Waals surface area contributed by atoms with Gasteiger partial charge in [-0.3, -0.25) is 9.59 Å². The minimum atomic E-state index is -4.87. The number of carbonyl (C=O) groups excluding carboxylic acids is 3. The fraction of sp³-hybridized carbons (Fsp3) is 0.217. The summed E-state index contributed by atoms with van der Waals surface area (Å²) in [5, 5.41) is 8.79. The first-order valence-corrected chi connectivity index (χ1v) is 10.2. The molecule has 34 heavy (non-hydrogen) atoms. The maximum Gasteiger partial charge on any atom is 0.434 e. The summed E-state index contributed by atoms with van der Waals surface area (Å²) in [6.07, 6.45) is -4.09. The Hall–Kier alpha value is -4.15. The first-order chi connectivity index (χ1) is 16.2. The van der Waals surface area contributed by atoms with Crippen molar-refractivity contribution < 1.29 is 32.3 Å². The maximum atomic E-state index is 13.6. The number of nitrogens with zero attached hydrogens (tertiary/aromatic N) is 2. The minimum absolute atomic E-state index is 0.0139. The molecule has 8 nitrogen and oxygen atoms in total. The highest BCUT2D eigenvalue weighted by Crippen LogP contribution is 2.34. The summed E-state index contributed by atoms with van der Waals surface area (Å²) in [4.78, 5) is 36.1. The summed E-state index contributed by atoms with van der Waals surface area (Å²) in [6, 6.07) is 14.3. The van der Waals surface area contributed by atoms with Crippen molar-refractivity contribution in [1.82, 2.24) is 20.4 Å². The Balaban J connectivity index is 1.66. The Kier molecular flexibility index (Phi) is 7.67. The highest BCUT2D eigenvalue weighted by molar-refractivity contribution is 5.96. The first-order valence-electron chi connectivity index (χ1n) is 10.2. The lowest BCUT2D eigenvalue weighted by molar-refractivity contribution is -0.143. The third kappa shape index (κ3) is 6.00. The average Bonchev–Trinajstić information content (AvgIpc) is 3.28. The van der Waals surface area contributed by atoms with E-state index in [0.717, 1.165) is 11.8 Å². The van der Waals surface area contributed by atoms with E-state index in [4.69, 9.17) is 0 Å². The molecule has 1 heterocycles. The number of amides is 2. The molecule has 0 atom stereocenters. The number of alkyl halides is 3. The lowest BCUT2D eigenvalue weighted by atomic mass is 10.2. The molecule has 0 spiro atoms. The largest absolute Gasteiger partial charge is 0.462 e. The van der Waals surface area contributed by atoms with Gasteiger partial charge in [-0.15, -0.1) is 0 Å². The third-order valence-corrected chi connectivity index (χ3v) is 4.65. The highest BCUT2D eigenvalue weighted by Gasteiger charge is 2.41. The summed E-state index contributed by atoms with van der Waals surface area (Å²) < 4.78 is 46.1. The predicted molar refractivity (Wildman–Crippen MR) is 115 cm³/mol. The molecule has 0 saturated heterocycles. The molecule has 0 radical (unpaired) electrons. The Morgan fingerprint density at radius 1 is 1.00 bits per heavy atom. The molecular formula is C23H21F3N4O4. The lowest BCUT2D eigenvalue weighted by Crippen LogP contribution is -2.36. The molecule has 0 saturated carbocycles. The van der Waals surface area contributed by atoms with Gasteiger partial charge >= 0.3 is 12.1 Å². The second-order valence-corrected chi connectivity index (χ2v) is 7.03. The van der Waals surface area contributed by atoms with Crippen LogP contribution in [-0.4, -0.2) is 40.7 Å². The predicted octanol–water partition coefficient (Wildman–Crippen LogP) is 3.11. The molecular weight excluding hydrogens is 453 g/mol. The Labute approximate surface area is 192 Å². The van der Waals surface area contributed by atoms with Crippen LogP contribution in [-0.2, 0) is 22.3 Å². The van der Waals surface area contributed by atoms with Gasteiger partial charge in [0.05, 0.1) is 25.0 Å². The van der Waals surface area contributed by atoms with Crippen molar-refractivity contribution >= 4 is 17.8 Å². The minimum Gasteiger partial charge on any atom is -0.462 e. The van der Waals surface area contributed by atoms with Gasteiger partial charge in [0.25, 0.3) is 5.91 Å². The number of benzene rings is 2. The van der Waals surface area contributed by atoms with Crippen LogP contribution in [0, 0.1) is 0 Å². The second-order valence-electron chi connectivity index (χ2n) is 7.03. The van der Waals surface area contributed by atoms with E-state index in [-0.39, 0.29) is 24.4 Å². The van der Waals surface area contributed by atoms with Crippen LogP contribution in [0.5, 0.6) is 0 Å². The Bertz CT molecular complexity index is 1160. The first kappa shape index (κ1) is 24.5. The van der Waals surface area contributed by atoms with E-state index in [1.54, 1.807) is 0 Å². The number of carbonyl (C=O) groups is 3. The van der Waals surface area contributed by atoms with Crippen LogP contribution < -0.4 is 10.6 Å². The zero-order valence-electron chi connectivity index (χ0n) is 18.1. The number of nitrogens with one attached hydrogen (secondary N) is 2. The van der Waals surface area contributed by atoms with Gasteiger partial charge < -0.3 is 15.4 Å². The zero-order valence-corrected chi connectivity index (χ0v) is 18.1. The molecule has 2 amide bonds. The van der Waals surface area contributed by atoms with Crippen molar-refractivity contribution in [3.8, 4) is 5.69 Å². The monoisotopic (exact) mass is 474 g/mol. The van der Waals surface area contributed by atoms with E-state index in [1.165, 1.54) is 31.2 Å². The van der Waals surface area contributed by atoms with Gasteiger partial charge in [0, 0.05) is 12.1 Å². The summed E-state index contributed by atoms with van der Waals surface area (Å²) in [6.45, 7) is 1.43. The fourth-order valence-electron chi connectivity index (χ4n) is 3.05. The topological polar surface area (TPSA) is 102 Å². The third-order valence-electron chi connectivity index (χ3n) is 4.65. The average molecular weight is 474 g/mol. The van der Waals surface area contributed by atoms with Gasteiger partial charge in [0.2, 0.25) is 5.91 Å². The van der Waals surface area contributed by atoms with Crippen LogP contribution >= 0.6 is 0 Å². The van der Waals surface area contributed by atoms with E-state index >= 15 is 0 Å². The summed E-state index contributed by atoms with van der Waals surface area (Å²) in [7, 11) is 0. The van der Waals surface area contributed by atoms with Crippen LogP contribution in [0.1, 0.15) is 38.9 Å². The maximum absolute atomic E-state index is 13.6. The molecule has 3 rings (SSSR count). The molecule has 178 valence electrons. The molecule has 3 aromatic rings. The number of rotatable bonds is 8. The number of hydrogen-bond acceptors (Lipinski definition) is 5. The Morgan fingerprint density at radius 2 is 1.68 bits per heavy atom. The number of esters is 1. The van der Waals surface area contributed by atoms with Crippen molar-refractivity contribution in [3.05, 3.63) is 83.2 Å². The van der Waals surface area contributed by atoms with Crippen LogP contribution in [0.4, 0.5) is 13.2 Å². The normalized spacial score (nSPS) is 11.1. The van der Waals surface area contributed by atoms with E-state index in [0.29, 0.717) is 11.2 Å². The SMILES string of the molecule is CCOC(=O)c1cnn(-c2ccc(C(=O)NCC(=O)NCc3ccccc3)cc2)c1C(F)(F)F. The lowest BCUT2D eigenvalue weighted by Gasteiger charge is -2.13. The van der Waals surface area contributed by atoms with E-state index < -0.39 is 35.2 Å². The molecule has 0 bridgehead atoms. The number of ether oxygens (including phenoxy) is 1. The van der Waals surface area contributed by atoms with Crippen molar-refractivity contribution in [2.24, 2.45) is 0 Å². The van der Waals surface area contributed by atoms with Crippen LogP contribution in [0.15, 0.2) is 60.8 Å². The molecule has 0 fully saturated rings. The van der Waals surface area contributed by atoms with Gasteiger partial charge in [-0.2, -0.15) is 18.3 Å². The number of hydrogen-bond donors (Lipinski definition) is 2. The molecule has 0 aliphatic rings. The zero-order chi connectivity index (χ0) is 24.7. The second kappa shape index (κ2) is 10.6. The van der Waals surface area contributed by atoms with Crippen LogP contribution in [0.2, 0.25) is 0 Å². The van der Waals surface area contributed by atoms with E-state index in [9.17, 15) is 27.6 Å². The van der Waals surface area contributed by atoms with E-state index in [2.05, 4.69) is 20.5 Å². The number of halogens is 3. The van der Waals surface area contributed by atoms with Gasteiger partial charge in [0.15, 0.2) is 5.69 Å². The number of aromatic nitrogens is 2. The highest BCUT2D eigenvalue weighted by atomic mass is 19.4. The van der Waals surface area contributed by atoms with E-state index in [1.807, 2.05) is 30.3 Å². The van der Waals surface area contributed by atoms with Crippen LogP contribution in [0.25, 0.3) is 5.69 Å². The van der Waals surface area contributed by atoms with Gasteiger partial charge in [0.1, 0.15) is 5.56 Å². The quantitative estimate of drug-likeness (QED) is 0.489. The van der Waals surface area contributed by atoms with Gasteiger partial charge in [-0.05, 0) is 36.8 Å². The summed E-state index contributed by atoms with van der Waals surface area (Å²) in [5.41, 5.74) is -0.970.